The molecule has 1 heterocycles. The van der Waals surface area contributed by atoms with Crippen LogP contribution >= 0.6 is 0 Å². The van der Waals surface area contributed by atoms with Crippen LogP contribution in [0.3, 0.4) is 0 Å². The first-order chi connectivity index (χ1) is 11.3. The Labute approximate surface area is 142 Å². The van der Waals surface area contributed by atoms with E-state index in [1.807, 2.05) is 30.3 Å². The van der Waals surface area contributed by atoms with E-state index in [0.717, 1.165) is 5.56 Å². The topological polar surface area (TPSA) is 75.7 Å². The van der Waals surface area contributed by atoms with Crippen molar-refractivity contribution >= 4 is 17.9 Å². The first kappa shape index (κ1) is 18.0. The van der Waals surface area contributed by atoms with Crippen LogP contribution in [-0.4, -0.2) is 41.0 Å². The molecule has 0 unspecified atom stereocenters. The SMILES string of the molecule is CC(C)(C)OC(=O)N1CCC[C@@H]1C(=O)NC(=O)Cc1ccccc1. The summed E-state index contributed by atoms with van der Waals surface area (Å²) in [5.74, 6) is -0.818. The van der Waals surface area contributed by atoms with Gasteiger partial charge in [0, 0.05) is 6.54 Å². The van der Waals surface area contributed by atoms with Gasteiger partial charge in [-0.2, -0.15) is 0 Å². The first-order valence-corrected chi connectivity index (χ1v) is 8.13. The summed E-state index contributed by atoms with van der Waals surface area (Å²) in [4.78, 5) is 38.0. The first-order valence-electron chi connectivity index (χ1n) is 8.13. The molecule has 0 aromatic heterocycles. The second-order valence-electron chi connectivity index (χ2n) is 6.91. The maximum Gasteiger partial charge on any atom is 0.410 e. The Kier molecular flexibility index (Phi) is 5.59. The Bertz CT molecular complexity index is 607. The number of amides is 3. The number of nitrogens with zero attached hydrogens (tertiary/aromatic N) is 1. The van der Waals surface area contributed by atoms with Crippen LogP contribution in [0.2, 0.25) is 0 Å². The monoisotopic (exact) mass is 332 g/mol. The van der Waals surface area contributed by atoms with Crippen LogP contribution in [0.1, 0.15) is 39.2 Å². The normalized spacial score (nSPS) is 17.5. The summed E-state index contributed by atoms with van der Waals surface area (Å²) in [5.41, 5.74) is 0.210. The third-order valence-electron chi connectivity index (χ3n) is 3.65. The Morgan fingerprint density at radius 1 is 1.21 bits per heavy atom. The smallest absolute Gasteiger partial charge is 0.410 e. The number of carbonyl (C=O) groups is 3. The van der Waals surface area contributed by atoms with Crippen molar-refractivity contribution < 1.29 is 19.1 Å². The largest absolute Gasteiger partial charge is 0.444 e. The van der Waals surface area contributed by atoms with Crippen LogP contribution in [0.5, 0.6) is 0 Å². The average Bonchev–Trinajstić information content (AvgIpc) is 2.96. The van der Waals surface area contributed by atoms with Crippen molar-refractivity contribution in [1.29, 1.82) is 0 Å². The van der Waals surface area contributed by atoms with Gasteiger partial charge >= 0.3 is 6.09 Å². The summed E-state index contributed by atoms with van der Waals surface area (Å²) < 4.78 is 5.32. The van der Waals surface area contributed by atoms with Gasteiger partial charge in [0.1, 0.15) is 11.6 Å². The number of carbonyl (C=O) groups excluding carboxylic acids is 3. The van der Waals surface area contributed by atoms with Crippen molar-refractivity contribution in [2.45, 2.75) is 51.7 Å². The fourth-order valence-corrected chi connectivity index (χ4v) is 2.62. The third kappa shape index (κ3) is 5.08. The molecule has 6 nitrogen and oxygen atoms in total. The quantitative estimate of drug-likeness (QED) is 0.921. The highest BCUT2D eigenvalue weighted by atomic mass is 16.6. The van der Waals surface area contributed by atoms with Crippen LogP contribution in [0.4, 0.5) is 4.79 Å². The second kappa shape index (κ2) is 7.47. The molecule has 24 heavy (non-hydrogen) atoms. The molecule has 1 atom stereocenters. The molecule has 6 heteroatoms. The van der Waals surface area contributed by atoms with Crippen molar-refractivity contribution in [3.05, 3.63) is 35.9 Å². The van der Waals surface area contributed by atoms with Crippen molar-refractivity contribution in [3.63, 3.8) is 0 Å². The highest BCUT2D eigenvalue weighted by Gasteiger charge is 2.37. The van der Waals surface area contributed by atoms with Crippen LogP contribution in [0.25, 0.3) is 0 Å². The Hall–Kier alpha value is -2.37. The van der Waals surface area contributed by atoms with E-state index in [1.54, 1.807) is 20.8 Å². The molecular formula is C18H24N2O4. The van der Waals surface area contributed by atoms with E-state index < -0.39 is 23.6 Å². The molecule has 0 bridgehead atoms. The molecular weight excluding hydrogens is 308 g/mol. The van der Waals surface area contributed by atoms with Crippen molar-refractivity contribution in [2.75, 3.05) is 6.54 Å². The lowest BCUT2D eigenvalue weighted by molar-refractivity contribution is -0.132. The van der Waals surface area contributed by atoms with Crippen LogP contribution in [0, 0.1) is 0 Å². The van der Waals surface area contributed by atoms with Gasteiger partial charge < -0.3 is 4.74 Å². The molecule has 130 valence electrons. The van der Waals surface area contributed by atoms with Gasteiger partial charge in [-0.3, -0.25) is 19.8 Å². The lowest BCUT2D eigenvalue weighted by Gasteiger charge is -2.27. The number of ether oxygens (including phenoxy) is 1. The second-order valence-corrected chi connectivity index (χ2v) is 6.91. The minimum atomic E-state index is -0.653. The van der Waals surface area contributed by atoms with E-state index >= 15 is 0 Å². The van der Waals surface area contributed by atoms with E-state index in [1.165, 1.54) is 4.90 Å². The zero-order valence-corrected chi connectivity index (χ0v) is 14.4. The molecule has 1 N–H and O–H groups in total. The Morgan fingerprint density at radius 2 is 1.88 bits per heavy atom. The van der Waals surface area contributed by atoms with Gasteiger partial charge in [-0.15, -0.1) is 0 Å². The zero-order valence-electron chi connectivity index (χ0n) is 14.4. The van der Waals surface area contributed by atoms with E-state index in [0.29, 0.717) is 19.4 Å². The van der Waals surface area contributed by atoms with Crippen molar-refractivity contribution in [3.8, 4) is 0 Å². The molecule has 2 rings (SSSR count). The van der Waals surface area contributed by atoms with Gasteiger partial charge in [0.2, 0.25) is 11.8 Å². The van der Waals surface area contributed by atoms with E-state index in [9.17, 15) is 14.4 Å². The maximum absolute atomic E-state index is 12.3. The summed E-state index contributed by atoms with van der Waals surface area (Å²) in [6, 6.07) is 8.54. The van der Waals surface area contributed by atoms with Crippen LogP contribution < -0.4 is 5.32 Å². The number of hydrogen-bond donors (Lipinski definition) is 1. The summed E-state index contributed by atoms with van der Waals surface area (Å²) in [5, 5.41) is 2.39. The number of likely N-dealkylation sites (tertiary alicyclic amines) is 1. The van der Waals surface area contributed by atoms with Gasteiger partial charge in [-0.25, -0.2) is 4.79 Å². The van der Waals surface area contributed by atoms with E-state index in [-0.39, 0.29) is 12.3 Å². The molecule has 1 aliphatic rings. The van der Waals surface area contributed by atoms with Crippen LogP contribution in [-0.2, 0) is 20.7 Å². The summed E-state index contributed by atoms with van der Waals surface area (Å²) >= 11 is 0. The Morgan fingerprint density at radius 3 is 2.50 bits per heavy atom. The molecule has 1 aromatic rings. The highest BCUT2D eigenvalue weighted by molar-refractivity contribution is 5.99. The summed E-state index contributed by atoms with van der Waals surface area (Å²) in [6.07, 6.45) is 0.857. The zero-order chi connectivity index (χ0) is 17.7. The lowest BCUT2D eigenvalue weighted by atomic mass is 10.1. The molecule has 0 saturated carbocycles. The molecule has 1 aliphatic heterocycles. The maximum atomic E-state index is 12.3. The van der Waals surface area contributed by atoms with Crippen molar-refractivity contribution in [2.24, 2.45) is 0 Å². The van der Waals surface area contributed by atoms with Gasteiger partial charge in [0.15, 0.2) is 0 Å². The van der Waals surface area contributed by atoms with Gasteiger partial charge in [0.25, 0.3) is 0 Å². The number of hydrogen-bond acceptors (Lipinski definition) is 4. The minimum Gasteiger partial charge on any atom is -0.444 e. The fraction of sp³-hybridized carbons (Fsp3) is 0.500. The lowest BCUT2D eigenvalue weighted by Crippen LogP contribution is -2.49. The Balaban J connectivity index is 1.93. The third-order valence-corrected chi connectivity index (χ3v) is 3.65. The van der Waals surface area contributed by atoms with Crippen molar-refractivity contribution in [1.82, 2.24) is 10.2 Å². The molecule has 3 amide bonds. The summed E-state index contributed by atoms with van der Waals surface area (Å²) in [6.45, 7) is 5.79. The standard InChI is InChI=1S/C18H24N2O4/c1-18(2,3)24-17(23)20-11-7-10-14(20)16(22)19-15(21)12-13-8-5-4-6-9-13/h4-6,8-9,14H,7,10-12H2,1-3H3,(H,19,21,22)/t14-/m1/s1. The van der Waals surface area contributed by atoms with Gasteiger partial charge in [-0.1, -0.05) is 30.3 Å². The number of imide groups is 1. The average molecular weight is 332 g/mol. The number of benzene rings is 1. The van der Waals surface area contributed by atoms with Gasteiger partial charge in [0.05, 0.1) is 6.42 Å². The summed E-state index contributed by atoms with van der Waals surface area (Å²) in [7, 11) is 0. The molecule has 1 fully saturated rings. The molecule has 0 aliphatic carbocycles. The molecule has 0 radical (unpaired) electrons. The van der Waals surface area contributed by atoms with Gasteiger partial charge in [-0.05, 0) is 39.2 Å². The molecule has 1 aromatic carbocycles. The van der Waals surface area contributed by atoms with Crippen LogP contribution in [0.15, 0.2) is 30.3 Å². The van der Waals surface area contributed by atoms with E-state index in [2.05, 4.69) is 5.32 Å². The highest BCUT2D eigenvalue weighted by Crippen LogP contribution is 2.21. The number of nitrogens with one attached hydrogen (secondary N) is 1. The predicted octanol–water partition coefficient (Wildman–Crippen LogP) is 2.27. The predicted molar refractivity (Wildman–Crippen MR) is 89.3 cm³/mol. The fourth-order valence-electron chi connectivity index (χ4n) is 2.62. The minimum absolute atomic E-state index is 0.131. The number of rotatable bonds is 3. The molecule has 1 saturated heterocycles. The van der Waals surface area contributed by atoms with E-state index in [4.69, 9.17) is 4.74 Å². The molecule has 0 spiro atoms.